The van der Waals surface area contributed by atoms with Crippen LogP contribution in [0.3, 0.4) is 0 Å². The maximum atomic E-state index is 12.3. The summed E-state index contributed by atoms with van der Waals surface area (Å²) < 4.78 is 12.9. The topological polar surface area (TPSA) is 112 Å². The molecular formula is C18H21N7O3. The molecule has 10 heteroatoms. The second-order valence-electron chi connectivity index (χ2n) is 6.52. The van der Waals surface area contributed by atoms with Gasteiger partial charge in [-0.25, -0.2) is 4.98 Å². The number of rotatable bonds is 7. The fourth-order valence-corrected chi connectivity index (χ4v) is 3.09. The smallest absolute Gasteiger partial charge is 0.278 e. The van der Waals surface area contributed by atoms with Crippen LogP contribution in [-0.4, -0.2) is 59.9 Å². The zero-order chi connectivity index (χ0) is 19.2. The van der Waals surface area contributed by atoms with E-state index in [9.17, 15) is 4.79 Å². The highest BCUT2D eigenvalue weighted by Crippen LogP contribution is 2.17. The Morgan fingerprint density at radius 2 is 2.14 bits per heavy atom. The lowest BCUT2D eigenvalue weighted by Crippen LogP contribution is -2.41. The number of hydrogen-bond acceptors (Lipinski definition) is 8. The van der Waals surface area contributed by atoms with E-state index in [-0.39, 0.29) is 18.6 Å². The average Bonchev–Trinajstić information content (AvgIpc) is 3.44. The van der Waals surface area contributed by atoms with Crippen molar-refractivity contribution in [3.63, 3.8) is 0 Å². The highest BCUT2D eigenvalue weighted by Gasteiger charge is 2.23. The van der Waals surface area contributed by atoms with Crippen LogP contribution in [0.15, 0.2) is 41.6 Å². The van der Waals surface area contributed by atoms with Crippen LogP contribution in [0.1, 0.15) is 25.1 Å². The normalized spacial score (nSPS) is 15.1. The lowest BCUT2D eigenvalue weighted by Gasteiger charge is -2.31. The van der Waals surface area contributed by atoms with Gasteiger partial charge in [0, 0.05) is 50.8 Å². The van der Waals surface area contributed by atoms with E-state index in [0.29, 0.717) is 43.5 Å². The third-order valence-corrected chi connectivity index (χ3v) is 4.61. The summed E-state index contributed by atoms with van der Waals surface area (Å²) in [5.41, 5.74) is 0.531. The molecule has 10 nitrogen and oxygen atoms in total. The first-order valence-electron chi connectivity index (χ1n) is 9.24. The first-order valence-corrected chi connectivity index (χ1v) is 9.24. The maximum absolute atomic E-state index is 12.3. The van der Waals surface area contributed by atoms with Crippen molar-refractivity contribution < 1.29 is 14.1 Å². The number of hydrogen-bond donors (Lipinski definition) is 0. The standard InChI is InChI=1S/C18H21N7O3/c26-17(4-11-25-8-1-5-21-25)24-9-2-14(3-10-24)27-13-16-22-18(28-23-16)15-12-19-6-7-20-15/h1,5-8,12,14H,2-4,9-11,13H2. The van der Waals surface area contributed by atoms with Crippen molar-refractivity contribution in [1.82, 2.24) is 34.8 Å². The third kappa shape index (κ3) is 4.58. The quantitative estimate of drug-likeness (QED) is 0.600. The Morgan fingerprint density at radius 1 is 1.25 bits per heavy atom. The number of aromatic nitrogens is 6. The van der Waals surface area contributed by atoms with Gasteiger partial charge in [-0.2, -0.15) is 10.1 Å². The number of carbonyl (C=O) groups is 1. The molecule has 0 radical (unpaired) electrons. The van der Waals surface area contributed by atoms with Gasteiger partial charge in [-0.05, 0) is 18.9 Å². The van der Waals surface area contributed by atoms with Gasteiger partial charge in [-0.3, -0.25) is 14.5 Å². The van der Waals surface area contributed by atoms with E-state index in [2.05, 4.69) is 25.2 Å². The highest BCUT2D eigenvalue weighted by molar-refractivity contribution is 5.76. The molecule has 28 heavy (non-hydrogen) atoms. The number of ether oxygens (including phenoxy) is 1. The average molecular weight is 383 g/mol. The molecule has 3 aromatic rings. The van der Waals surface area contributed by atoms with Gasteiger partial charge in [0.15, 0.2) is 5.82 Å². The molecule has 0 aliphatic carbocycles. The van der Waals surface area contributed by atoms with E-state index in [0.717, 1.165) is 12.8 Å². The molecule has 4 rings (SSSR count). The Kier molecular flexibility index (Phi) is 5.66. The summed E-state index contributed by atoms with van der Waals surface area (Å²) in [5, 5.41) is 8.04. The predicted octanol–water partition coefficient (Wildman–Crippen LogP) is 1.32. The van der Waals surface area contributed by atoms with Gasteiger partial charge < -0.3 is 14.2 Å². The molecular weight excluding hydrogens is 362 g/mol. The van der Waals surface area contributed by atoms with Crippen LogP contribution < -0.4 is 0 Å². The van der Waals surface area contributed by atoms with E-state index in [1.165, 1.54) is 0 Å². The van der Waals surface area contributed by atoms with Crippen molar-refractivity contribution >= 4 is 5.91 Å². The first kappa shape index (κ1) is 18.2. The molecule has 0 bridgehead atoms. The summed E-state index contributed by atoms with van der Waals surface area (Å²) in [7, 11) is 0. The Labute approximate surface area is 161 Å². The summed E-state index contributed by atoms with van der Waals surface area (Å²) in [5.74, 6) is 0.948. The van der Waals surface area contributed by atoms with Crippen molar-refractivity contribution in [2.45, 2.75) is 38.5 Å². The van der Waals surface area contributed by atoms with Gasteiger partial charge in [0.25, 0.3) is 5.89 Å². The Bertz CT molecular complexity index is 874. The highest BCUT2D eigenvalue weighted by atomic mass is 16.5. The molecule has 146 valence electrons. The van der Waals surface area contributed by atoms with E-state index < -0.39 is 0 Å². The molecule has 4 heterocycles. The fourth-order valence-electron chi connectivity index (χ4n) is 3.09. The number of nitrogens with zero attached hydrogens (tertiary/aromatic N) is 7. The van der Waals surface area contributed by atoms with Gasteiger partial charge >= 0.3 is 0 Å². The minimum atomic E-state index is 0.0774. The molecule has 0 N–H and O–H groups in total. The molecule has 0 saturated carbocycles. The Hall–Kier alpha value is -3.14. The Morgan fingerprint density at radius 3 is 2.89 bits per heavy atom. The van der Waals surface area contributed by atoms with Crippen molar-refractivity contribution in [1.29, 1.82) is 0 Å². The second kappa shape index (κ2) is 8.70. The second-order valence-corrected chi connectivity index (χ2v) is 6.52. The van der Waals surface area contributed by atoms with Crippen molar-refractivity contribution in [3.05, 3.63) is 42.9 Å². The van der Waals surface area contributed by atoms with E-state index >= 15 is 0 Å². The number of amides is 1. The molecule has 3 aromatic heterocycles. The zero-order valence-electron chi connectivity index (χ0n) is 15.3. The van der Waals surface area contributed by atoms with Gasteiger partial charge in [0.1, 0.15) is 12.3 Å². The lowest BCUT2D eigenvalue weighted by molar-refractivity contribution is -0.134. The molecule has 0 atom stereocenters. The molecule has 0 aromatic carbocycles. The molecule has 1 saturated heterocycles. The van der Waals surface area contributed by atoms with Crippen LogP contribution in [0, 0.1) is 0 Å². The lowest BCUT2D eigenvalue weighted by atomic mass is 10.1. The largest absolute Gasteiger partial charge is 0.370 e. The number of carbonyl (C=O) groups excluding carboxylic acids is 1. The summed E-state index contributed by atoms with van der Waals surface area (Å²) in [6.45, 7) is 2.26. The molecule has 1 fully saturated rings. The number of piperidine rings is 1. The van der Waals surface area contributed by atoms with Crippen LogP contribution in [0.25, 0.3) is 11.6 Å². The third-order valence-electron chi connectivity index (χ3n) is 4.61. The van der Waals surface area contributed by atoms with Gasteiger partial charge in [-0.15, -0.1) is 0 Å². The van der Waals surface area contributed by atoms with Crippen molar-refractivity contribution in [2.75, 3.05) is 13.1 Å². The van der Waals surface area contributed by atoms with Crippen LogP contribution in [0.5, 0.6) is 0 Å². The molecule has 1 aliphatic rings. The van der Waals surface area contributed by atoms with Crippen LogP contribution in [0.4, 0.5) is 0 Å². The minimum absolute atomic E-state index is 0.0774. The summed E-state index contributed by atoms with van der Waals surface area (Å²) in [4.78, 5) is 26.6. The number of aryl methyl sites for hydroxylation is 1. The monoisotopic (exact) mass is 383 g/mol. The van der Waals surface area contributed by atoms with Gasteiger partial charge in [-0.1, -0.05) is 5.16 Å². The summed E-state index contributed by atoms with van der Waals surface area (Å²) >= 11 is 0. The minimum Gasteiger partial charge on any atom is -0.370 e. The first-order chi connectivity index (χ1) is 13.8. The molecule has 1 amide bonds. The predicted molar refractivity (Wildman–Crippen MR) is 96.6 cm³/mol. The van der Waals surface area contributed by atoms with Gasteiger partial charge in [0.05, 0.1) is 12.3 Å². The van der Waals surface area contributed by atoms with E-state index in [1.807, 2.05) is 17.2 Å². The number of likely N-dealkylation sites (tertiary alicyclic amines) is 1. The molecule has 0 spiro atoms. The zero-order valence-corrected chi connectivity index (χ0v) is 15.3. The van der Waals surface area contributed by atoms with Crippen LogP contribution in [0.2, 0.25) is 0 Å². The molecule has 1 aliphatic heterocycles. The SMILES string of the molecule is O=C(CCn1cccn1)N1CCC(OCc2noc(-c3cnccn3)n2)CC1. The van der Waals surface area contributed by atoms with Crippen LogP contribution >= 0.6 is 0 Å². The van der Waals surface area contributed by atoms with E-state index in [1.54, 1.807) is 29.5 Å². The van der Waals surface area contributed by atoms with Crippen LogP contribution in [-0.2, 0) is 22.7 Å². The van der Waals surface area contributed by atoms with Crippen molar-refractivity contribution in [2.24, 2.45) is 0 Å². The maximum Gasteiger partial charge on any atom is 0.278 e. The fraction of sp³-hybridized carbons (Fsp3) is 0.444. The summed E-state index contributed by atoms with van der Waals surface area (Å²) in [6.07, 6.45) is 10.4. The molecule has 0 unspecified atom stereocenters. The summed E-state index contributed by atoms with van der Waals surface area (Å²) in [6, 6.07) is 1.85. The van der Waals surface area contributed by atoms with Gasteiger partial charge in [0.2, 0.25) is 5.91 Å². The van der Waals surface area contributed by atoms with E-state index in [4.69, 9.17) is 9.26 Å². The Balaban J connectivity index is 1.19. The van der Waals surface area contributed by atoms with Crippen molar-refractivity contribution in [3.8, 4) is 11.6 Å².